The first-order valence-corrected chi connectivity index (χ1v) is 34.4. The van der Waals surface area contributed by atoms with Crippen molar-refractivity contribution in [3.63, 3.8) is 0 Å². The van der Waals surface area contributed by atoms with E-state index in [9.17, 15) is 14.4 Å². The van der Waals surface area contributed by atoms with E-state index in [1.165, 1.54) is 154 Å². The maximum atomic E-state index is 12.9. The second-order valence-electron chi connectivity index (χ2n) is 22.7. The zero-order valence-corrected chi connectivity index (χ0v) is 53.3. The molecule has 0 amide bonds. The SMILES string of the molecule is CC/C=C\C/C=C\C/C=C\C/C=C\C/C=C\CCCCCCCC(=O)OC(COC(=O)CCCCCCCCC)COC(=O)CCCCCCCCCCCCCCCCCCCCCCCC/C=C\C/C=C\C/C=C\C/C=C\CC. The zero-order chi connectivity index (χ0) is 58.5. The van der Waals surface area contributed by atoms with E-state index in [1.807, 2.05) is 0 Å². The molecule has 0 spiro atoms. The Morgan fingerprint density at radius 3 is 0.753 bits per heavy atom. The molecule has 0 radical (unpaired) electrons. The summed E-state index contributed by atoms with van der Waals surface area (Å²) in [5.74, 6) is -0.897. The molecule has 464 valence electrons. The minimum absolute atomic E-state index is 0.0824. The minimum Gasteiger partial charge on any atom is -0.462 e. The first kappa shape index (κ1) is 77.1. The normalized spacial score (nSPS) is 12.8. The molecule has 0 saturated heterocycles. The number of carbonyl (C=O) groups excluding carboxylic acids is 3. The third kappa shape index (κ3) is 66.8. The average Bonchev–Trinajstić information content (AvgIpc) is 3.47. The Labute approximate surface area is 501 Å². The number of hydrogen-bond donors (Lipinski definition) is 0. The number of carbonyl (C=O) groups is 3. The van der Waals surface area contributed by atoms with E-state index >= 15 is 0 Å². The lowest BCUT2D eigenvalue weighted by Gasteiger charge is -2.18. The highest BCUT2D eigenvalue weighted by Crippen LogP contribution is 2.17. The standard InChI is InChI=1S/C75H128O6/c1-4-7-10-13-16-18-20-22-24-26-28-30-31-32-33-34-35-36-37-38-39-40-41-42-43-45-46-48-50-52-54-56-59-62-65-68-74(77)80-71-72(70-79-73(76)67-64-61-58-15-12-9-6-3)81-75(78)69-66-63-60-57-55-53-51-49-47-44-29-27-25-23-21-19-17-14-11-8-5-2/h7-8,10-11,16-19,22-25,28-30,44,49,51,72H,4-6,9,12-15,20-21,26-27,31-43,45-48,50,52-71H2,1-3H3/b10-7-,11-8-,18-16-,19-17-,24-22-,25-23-,30-28-,44-29-,51-49-. The van der Waals surface area contributed by atoms with Crippen molar-refractivity contribution in [3.8, 4) is 0 Å². The number of ether oxygens (including phenoxy) is 3. The van der Waals surface area contributed by atoms with Gasteiger partial charge in [0.15, 0.2) is 6.10 Å². The summed E-state index contributed by atoms with van der Waals surface area (Å²) in [5.41, 5.74) is 0. The fourth-order valence-electron chi connectivity index (χ4n) is 9.70. The monoisotopic (exact) mass is 1120 g/mol. The number of rotatable bonds is 62. The maximum Gasteiger partial charge on any atom is 0.306 e. The molecule has 0 aromatic heterocycles. The average molecular weight is 1130 g/mol. The van der Waals surface area contributed by atoms with Crippen molar-refractivity contribution in [2.75, 3.05) is 13.2 Å². The van der Waals surface area contributed by atoms with Crippen LogP contribution in [0.4, 0.5) is 0 Å². The van der Waals surface area contributed by atoms with Gasteiger partial charge >= 0.3 is 17.9 Å². The van der Waals surface area contributed by atoms with Crippen LogP contribution in [-0.2, 0) is 28.6 Å². The van der Waals surface area contributed by atoms with Gasteiger partial charge in [0.25, 0.3) is 0 Å². The summed E-state index contributed by atoms with van der Waals surface area (Å²) in [6.07, 6.45) is 94.4. The van der Waals surface area contributed by atoms with Crippen molar-refractivity contribution in [1.29, 1.82) is 0 Å². The lowest BCUT2D eigenvalue weighted by molar-refractivity contribution is -0.167. The highest BCUT2D eigenvalue weighted by molar-refractivity contribution is 5.71. The number of unbranched alkanes of at least 4 members (excludes halogenated alkanes) is 33. The van der Waals surface area contributed by atoms with Gasteiger partial charge in [0.2, 0.25) is 0 Å². The van der Waals surface area contributed by atoms with Crippen molar-refractivity contribution >= 4 is 17.9 Å². The zero-order valence-electron chi connectivity index (χ0n) is 53.3. The van der Waals surface area contributed by atoms with Crippen LogP contribution in [0, 0.1) is 0 Å². The molecule has 0 saturated carbocycles. The molecule has 0 N–H and O–H groups in total. The summed E-state index contributed by atoms with van der Waals surface area (Å²) >= 11 is 0. The molecule has 1 atom stereocenters. The first-order valence-electron chi connectivity index (χ1n) is 34.4. The van der Waals surface area contributed by atoms with Crippen molar-refractivity contribution < 1.29 is 28.6 Å². The Hall–Kier alpha value is -3.93. The number of esters is 3. The largest absolute Gasteiger partial charge is 0.462 e. The summed E-state index contributed by atoms with van der Waals surface area (Å²) in [7, 11) is 0. The lowest BCUT2D eigenvalue weighted by atomic mass is 10.0. The smallest absolute Gasteiger partial charge is 0.306 e. The van der Waals surface area contributed by atoms with Crippen LogP contribution >= 0.6 is 0 Å². The van der Waals surface area contributed by atoms with Gasteiger partial charge in [0, 0.05) is 19.3 Å². The van der Waals surface area contributed by atoms with Crippen LogP contribution in [0.1, 0.15) is 329 Å². The molecule has 0 fully saturated rings. The van der Waals surface area contributed by atoms with Crippen molar-refractivity contribution in [3.05, 3.63) is 109 Å². The van der Waals surface area contributed by atoms with Crippen molar-refractivity contribution in [2.24, 2.45) is 0 Å². The molecule has 0 aromatic rings. The molecular formula is C75H128O6. The van der Waals surface area contributed by atoms with Crippen LogP contribution in [-0.4, -0.2) is 37.2 Å². The molecule has 6 heteroatoms. The molecule has 0 bridgehead atoms. The van der Waals surface area contributed by atoms with E-state index in [-0.39, 0.29) is 31.1 Å². The summed E-state index contributed by atoms with van der Waals surface area (Å²) in [6.45, 7) is 6.38. The molecule has 0 aromatic carbocycles. The van der Waals surface area contributed by atoms with E-state index in [4.69, 9.17) is 14.2 Å². The van der Waals surface area contributed by atoms with E-state index in [1.54, 1.807) is 0 Å². The van der Waals surface area contributed by atoms with Crippen LogP contribution in [0.2, 0.25) is 0 Å². The minimum atomic E-state index is -0.785. The Morgan fingerprint density at radius 2 is 0.481 bits per heavy atom. The predicted octanol–water partition coefficient (Wildman–Crippen LogP) is 23.8. The molecule has 1 unspecified atom stereocenters. The fourth-order valence-corrected chi connectivity index (χ4v) is 9.70. The van der Waals surface area contributed by atoms with Crippen LogP contribution in [0.25, 0.3) is 0 Å². The summed E-state index contributed by atoms with van der Waals surface area (Å²) in [4.78, 5) is 38.1. The predicted molar refractivity (Wildman–Crippen MR) is 353 cm³/mol. The van der Waals surface area contributed by atoms with Gasteiger partial charge in [0.1, 0.15) is 13.2 Å². The number of allylic oxidation sites excluding steroid dienone is 18. The van der Waals surface area contributed by atoms with Gasteiger partial charge in [-0.15, -0.1) is 0 Å². The van der Waals surface area contributed by atoms with Gasteiger partial charge in [-0.1, -0.05) is 316 Å². The van der Waals surface area contributed by atoms with Gasteiger partial charge < -0.3 is 14.2 Å². The molecule has 0 heterocycles. The highest BCUT2D eigenvalue weighted by Gasteiger charge is 2.19. The van der Waals surface area contributed by atoms with E-state index in [0.717, 1.165) is 135 Å². The van der Waals surface area contributed by atoms with E-state index < -0.39 is 6.10 Å². The molecular weight excluding hydrogens is 997 g/mol. The maximum absolute atomic E-state index is 12.9. The van der Waals surface area contributed by atoms with Gasteiger partial charge in [0.05, 0.1) is 0 Å². The quantitative estimate of drug-likeness (QED) is 0.0261. The molecule has 0 aliphatic rings. The van der Waals surface area contributed by atoms with Gasteiger partial charge in [-0.05, 0) is 103 Å². The van der Waals surface area contributed by atoms with E-state index in [2.05, 4.69) is 130 Å². The second kappa shape index (κ2) is 68.6. The highest BCUT2D eigenvalue weighted by atomic mass is 16.6. The molecule has 6 nitrogen and oxygen atoms in total. The Bertz CT molecular complexity index is 1620. The Kier molecular flexibility index (Phi) is 65.2. The van der Waals surface area contributed by atoms with Gasteiger partial charge in [-0.25, -0.2) is 0 Å². The summed E-state index contributed by atoms with van der Waals surface area (Å²) in [5, 5.41) is 0. The van der Waals surface area contributed by atoms with Crippen LogP contribution in [0.5, 0.6) is 0 Å². The topological polar surface area (TPSA) is 78.9 Å². The third-order valence-corrected chi connectivity index (χ3v) is 14.8. The van der Waals surface area contributed by atoms with Gasteiger partial charge in [-0.3, -0.25) is 14.4 Å². The molecule has 0 aliphatic carbocycles. The Morgan fingerprint density at radius 1 is 0.259 bits per heavy atom. The lowest BCUT2D eigenvalue weighted by Crippen LogP contribution is -2.30. The third-order valence-electron chi connectivity index (χ3n) is 14.8. The van der Waals surface area contributed by atoms with Crippen LogP contribution in [0.3, 0.4) is 0 Å². The fraction of sp³-hybridized carbons (Fsp3) is 0.720. The van der Waals surface area contributed by atoms with Crippen LogP contribution < -0.4 is 0 Å². The first-order chi connectivity index (χ1) is 40.0. The Balaban J connectivity index is 4.02. The second-order valence-corrected chi connectivity index (χ2v) is 22.7. The number of hydrogen-bond acceptors (Lipinski definition) is 6. The molecule has 0 aliphatic heterocycles. The van der Waals surface area contributed by atoms with Gasteiger partial charge in [-0.2, -0.15) is 0 Å². The van der Waals surface area contributed by atoms with Crippen molar-refractivity contribution in [2.45, 2.75) is 335 Å². The van der Waals surface area contributed by atoms with E-state index in [0.29, 0.717) is 19.3 Å². The van der Waals surface area contributed by atoms with Crippen molar-refractivity contribution in [1.82, 2.24) is 0 Å². The van der Waals surface area contributed by atoms with Crippen LogP contribution in [0.15, 0.2) is 109 Å². The molecule has 0 rings (SSSR count). The summed E-state index contributed by atoms with van der Waals surface area (Å²) < 4.78 is 16.8. The summed E-state index contributed by atoms with van der Waals surface area (Å²) in [6, 6.07) is 0. The molecule has 81 heavy (non-hydrogen) atoms.